The van der Waals surface area contributed by atoms with Crippen LogP contribution in [0.2, 0.25) is 0 Å². The Hall–Kier alpha value is -1.06. The third-order valence-electron chi connectivity index (χ3n) is 3.15. The first-order valence-corrected chi connectivity index (χ1v) is 5.55. The Bertz CT molecular complexity index is 274. The van der Waals surface area contributed by atoms with Crippen LogP contribution in [0.3, 0.4) is 0 Å². The molecule has 0 radical (unpaired) electrons. The number of carbonyl (C=O) groups excluding carboxylic acids is 2. The highest BCUT2D eigenvalue weighted by atomic mass is 16.6. The van der Waals surface area contributed by atoms with Crippen LogP contribution in [-0.4, -0.2) is 24.6 Å². The standard InChI is InChI=1S/C11H16O4/c1-7-6-14-10(12)8-4-2-3-5-9(8)11(13)15-7/h7-9H,2-6H2,1H3/t7-,8-,9+/m1/s1. The van der Waals surface area contributed by atoms with E-state index in [1.165, 1.54) is 0 Å². The van der Waals surface area contributed by atoms with Gasteiger partial charge in [0, 0.05) is 0 Å². The normalized spacial score (nSPS) is 37.0. The van der Waals surface area contributed by atoms with Crippen molar-refractivity contribution >= 4 is 11.9 Å². The average Bonchev–Trinajstić information content (AvgIpc) is 2.24. The number of hydrogen-bond acceptors (Lipinski definition) is 4. The Morgan fingerprint density at radius 2 is 1.67 bits per heavy atom. The number of hydrogen-bond donors (Lipinski definition) is 0. The lowest BCUT2D eigenvalue weighted by Crippen LogP contribution is -2.40. The highest BCUT2D eigenvalue weighted by Crippen LogP contribution is 2.33. The smallest absolute Gasteiger partial charge is 0.310 e. The zero-order valence-electron chi connectivity index (χ0n) is 8.90. The quantitative estimate of drug-likeness (QED) is 0.568. The second kappa shape index (κ2) is 4.21. The van der Waals surface area contributed by atoms with Crippen LogP contribution in [0.1, 0.15) is 32.6 Å². The molecule has 0 aromatic carbocycles. The van der Waals surface area contributed by atoms with Crippen molar-refractivity contribution in [2.24, 2.45) is 11.8 Å². The monoisotopic (exact) mass is 212 g/mol. The molecule has 0 N–H and O–H groups in total. The van der Waals surface area contributed by atoms with Crippen LogP contribution >= 0.6 is 0 Å². The molecule has 0 aromatic heterocycles. The number of esters is 2. The van der Waals surface area contributed by atoms with Crippen molar-refractivity contribution < 1.29 is 19.1 Å². The fraction of sp³-hybridized carbons (Fsp3) is 0.818. The van der Waals surface area contributed by atoms with Crippen molar-refractivity contribution in [3.8, 4) is 0 Å². The fourth-order valence-corrected chi connectivity index (χ4v) is 2.32. The van der Waals surface area contributed by atoms with Gasteiger partial charge in [-0.3, -0.25) is 9.59 Å². The topological polar surface area (TPSA) is 52.6 Å². The van der Waals surface area contributed by atoms with Crippen molar-refractivity contribution in [2.45, 2.75) is 38.7 Å². The van der Waals surface area contributed by atoms with Crippen LogP contribution in [0.4, 0.5) is 0 Å². The lowest BCUT2D eigenvalue weighted by molar-refractivity contribution is -0.177. The molecule has 1 heterocycles. The molecular formula is C11H16O4. The third kappa shape index (κ3) is 2.13. The van der Waals surface area contributed by atoms with Gasteiger partial charge in [-0.05, 0) is 19.8 Å². The second-order valence-corrected chi connectivity index (χ2v) is 4.37. The number of carbonyl (C=O) groups is 2. The summed E-state index contributed by atoms with van der Waals surface area (Å²) in [5.74, 6) is -0.972. The summed E-state index contributed by atoms with van der Waals surface area (Å²) >= 11 is 0. The van der Waals surface area contributed by atoms with E-state index in [-0.39, 0.29) is 36.5 Å². The van der Waals surface area contributed by atoms with Crippen molar-refractivity contribution in [1.29, 1.82) is 0 Å². The molecule has 2 aliphatic rings. The predicted octanol–water partition coefficient (Wildman–Crippen LogP) is 1.28. The summed E-state index contributed by atoms with van der Waals surface area (Å²) in [5, 5.41) is 0. The van der Waals surface area contributed by atoms with Gasteiger partial charge in [0.2, 0.25) is 0 Å². The molecule has 0 spiro atoms. The maximum Gasteiger partial charge on any atom is 0.310 e. The van der Waals surface area contributed by atoms with Crippen molar-refractivity contribution in [3.05, 3.63) is 0 Å². The van der Waals surface area contributed by atoms with Gasteiger partial charge in [-0.25, -0.2) is 0 Å². The van der Waals surface area contributed by atoms with E-state index < -0.39 is 0 Å². The van der Waals surface area contributed by atoms with Crippen LogP contribution in [0.15, 0.2) is 0 Å². The Kier molecular flexibility index (Phi) is 2.93. The number of cyclic esters (lactones) is 2. The van der Waals surface area contributed by atoms with Gasteiger partial charge >= 0.3 is 11.9 Å². The van der Waals surface area contributed by atoms with E-state index in [9.17, 15) is 9.59 Å². The molecule has 15 heavy (non-hydrogen) atoms. The lowest BCUT2D eigenvalue weighted by Gasteiger charge is -2.31. The molecule has 0 bridgehead atoms. The third-order valence-corrected chi connectivity index (χ3v) is 3.15. The maximum atomic E-state index is 11.7. The minimum absolute atomic E-state index is 0.188. The van der Waals surface area contributed by atoms with E-state index in [1.54, 1.807) is 6.92 Å². The van der Waals surface area contributed by atoms with Crippen LogP contribution in [0.5, 0.6) is 0 Å². The minimum atomic E-state index is -0.315. The molecule has 4 heteroatoms. The highest BCUT2D eigenvalue weighted by Gasteiger charge is 2.39. The summed E-state index contributed by atoms with van der Waals surface area (Å²) in [6, 6.07) is 0. The zero-order valence-corrected chi connectivity index (χ0v) is 8.90. The van der Waals surface area contributed by atoms with Gasteiger partial charge in [-0.1, -0.05) is 12.8 Å². The fourth-order valence-electron chi connectivity index (χ4n) is 2.32. The first kappa shape index (κ1) is 10.5. The molecule has 1 saturated heterocycles. The zero-order chi connectivity index (χ0) is 10.8. The molecular weight excluding hydrogens is 196 g/mol. The number of rotatable bonds is 0. The second-order valence-electron chi connectivity index (χ2n) is 4.37. The molecule has 0 unspecified atom stereocenters. The Morgan fingerprint density at radius 3 is 2.33 bits per heavy atom. The van der Waals surface area contributed by atoms with Gasteiger partial charge in [-0.2, -0.15) is 0 Å². The Balaban J connectivity index is 2.15. The van der Waals surface area contributed by atoms with Crippen molar-refractivity contribution in [2.75, 3.05) is 6.61 Å². The molecule has 2 rings (SSSR count). The molecule has 3 atom stereocenters. The molecule has 4 nitrogen and oxygen atoms in total. The van der Waals surface area contributed by atoms with Gasteiger partial charge in [0.25, 0.3) is 0 Å². The predicted molar refractivity (Wildman–Crippen MR) is 52.0 cm³/mol. The molecule has 1 aliphatic heterocycles. The molecule has 0 amide bonds. The Morgan fingerprint density at radius 1 is 1.07 bits per heavy atom. The Labute approximate surface area is 88.9 Å². The molecule has 2 fully saturated rings. The van der Waals surface area contributed by atoms with E-state index >= 15 is 0 Å². The first-order valence-electron chi connectivity index (χ1n) is 5.55. The number of fused-ring (bicyclic) bond motifs is 1. The molecule has 0 aromatic rings. The van der Waals surface area contributed by atoms with E-state index in [2.05, 4.69) is 0 Å². The number of ether oxygens (including phenoxy) is 2. The average molecular weight is 212 g/mol. The summed E-state index contributed by atoms with van der Waals surface area (Å²) in [5.41, 5.74) is 0. The van der Waals surface area contributed by atoms with Crippen LogP contribution in [-0.2, 0) is 19.1 Å². The summed E-state index contributed by atoms with van der Waals surface area (Å²) in [6.07, 6.45) is 3.19. The largest absolute Gasteiger partial charge is 0.462 e. The van der Waals surface area contributed by atoms with Gasteiger partial charge in [0.05, 0.1) is 11.8 Å². The minimum Gasteiger partial charge on any atom is -0.462 e. The summed E-state index contributed by atoms with van der Waals surface area (Å²) < 4.78 is 10.3. The van der Waals surface area contributed by atoms with Gasteiger partial charge < -0.3 is 9.47 Å². The SMILES string of the molecule is C[C@@H]1COC(=O)[C@@H]2CCCC[C@@H]2C(=O)O1. The molecule has 1 aliphatic carbocycles. The van der Waals surface area contributed by atoms with Crippen LogP contribution in [0, 0.1) is 11.8 Å². The van der Waals surface area contributed by atoms with Crippen LogP contribution < -0.4 is 0 Å². The molecule has 84 valence electrons. The van der Waals surface area contributed by atoms with Crippen molar-refractivity contribution in [1.82, 2.24) is 0 Å². The lowest BCUT2D eigenvalue weighted by atomic mass is 9.79. The van der Waals surface area contributed by atoms with Gasteiger partial charge in [0.1, 0.15) is 12.7 Å². The van der Waals surface area contributed by atoms with Gasteiger partial charge in [0.15, 0.2) is 0 Å². The van der Waals surface area contributed by atoms with E-state index in [1.807, 2.05) is 0 Å². The first-order chi connectivity index (χ1) is 7.18. The van der Waals surface area contributed by atoms with Crippen molar-refractivity contribution in [3.63, 3.8) is 0 Å². The van der Waals surface area contributed by atoms with E-state index in [0.717, 1.165) is 25.7 Å². The van der Waals surface area contributed by atoms with E-state index in [0.29, 0.717) is 0 Å². The summed E-state index contributed by atoms with van der Waals surface area (Å²) in [7, 11) is 0. The highest BCUT2D eigenvalue weighted by molar-refractivity contribution is 5.82. The summed E-state index contributed by atoms with van der Waals surface area (Å²) in [4.78, 5) is 23.4. The summed E-state index contributed by atoms with van der Waals surface area (Å²) in [6.45, 7) is 1.93. The molecule has 1 saturated carbocycles. The van der Waals surface area contributed by atoms with Crippen LogP contribution in [0.25, 0.3) is 0 Å². The van der Waals surface area contributed by atoms with Gasteiger partial charge in [-0.15, -0.1) is 0 Å². The maximum absolute atomic E-state index is 11.7. The van der Waals surface area contributed by atoms with E-state index in [4.69, 9.17) is 9.47 Å².